The van der Waals surface area contributed by atoms with Gasteiger partial charge in [0, 0.05) is 0 Å². The normalized spacial score (nSPS) is 15.6. The lowest BCUT2D eigenvalue weighted by atomic mass is 10.0. The minimum Gasteiger partial charge on any atom is -0.481 e. The van der Waals surface area contributed by atoms with Crippen LogP contribution in [0.15, 0.2) is 0 Å². The Labute approximate surface area is 144 Å². The van der Waals surface area contributed by atoms with E-state index >= 15 is 0 Å². The molecule has 0 aromatic heterocycles. The number of esters is 1. The van der Waals surface area contributed by atoms with Gasteiger partial charge in [-0.15, -0.1) is 0 Å². The number of quaternary nitrogens is 1. The van der Waals surface area contributed by atoms with Crippen molar-refractivity contribution in [3.05, 3.63) is 0 Å². The van der Waals surface area contributed by atoms with E-state index in [2.05, 4.69) is 6.92 Å². The molecule has 3 unspecified atom stereocenters. The van der Waals surface area contributed by atoms with Gasteiger partial charge in [0.1, 0.15) is 6.54 Å². The molecular weight excluding hydrogens is 314 g/mol. The summed E-state index contributed by atoms with van der Waals surface area (Å²) in [5, 5.41) is 28.6. The highest BCUT2D eigenvalue weighted by Crippen LogP contribution is 2.12. The third kappa shape index (κ3) is 13.3. The van der Waals surface area contributed by atoms with Crippen molar-refractivity contribution in [2.75, 3.05) is 27.7 Å². The van der Waals surface area contributed by atoms with Gasteiger partial charge in [-0.2, -0.15) is 0 Å². The molecule has 142 valence electrons. The SMILES string of the molecule is CCCCCC(O)CC(O)CC(=O)OC(CC(=O)O)C[N+](C)(C)C. The number of hydrogen-bond acceptors (Lipinski definition) is 5. The van der Waals surface area contributed by atoms with Crippen LogP contribution in [0.5, 0.6) is 0 Å². The molecule has 0 spiro atoms. The molecule has 7 heteroatoms. The van der Waals surface area contributed by atoms with E-state index in [4.69, 9.17) is 9.84 Å². The van der Waals surface area contributed by atoms with Crippen LogP contribution in [-0.4, -0.2) is 77.7 Å². The highest BCUT2D eigenvalue weighted by Gasteiger charge is 2.26. The number of nitrogens with zero attached hydrogens (tertiary/aromatic N) is 1. The van der Waals surface area contributed by atoms with E-state index in [1.165, 1.54) is 0 Å². The highest BCUT2D eigenvalue weighted by molar-refractivity contribution is 5.71. The number of hydrogen-bond donors (Lipinski definition) is 3. The van der Waals surface area contributed by atoms with Crippen molar-refractivity contribution in [2.24, 2.45) is 0 Å². The van der Waals surface area contributed by atoms with Gasteiger partial charge in [-0.3, -0.25) is 9.59 Å². The zero-order valence-electron chi connectivity index (χ0n) is 15.4. The fourth-order valence-electron chi connectivity index (χ4n) is 2.52. The van der Waals surface area contributed by atoms with Crippen molar-refractivity contribution in [1.29, 1.82) is 0 Å². The van der Waals surface area contributed by atoms with Crippen LogP contribution in [0.25, 0.3) is 0 Å². The number of unbranched alkanes of at least 4 members (excludes halogenated alkanes) is 2. The van der Waals surface area contributed by atoms with Gasteiger partial charge in [0.2, 0.25) is 0 Å². The molecule has 0 aliphatic carbocycles. The monoisotopic (exact) mass is 348 g/mol. The van der Waals surface area contributed by atoms with E-state index in [1.54, 1.807) is 0 Å². The molecule has 0 aliphatic rings. The first-order chi connectivity index (χ1) is 11.0. The number of carboxylic acids is 1. The highest BCUT2D eigenvalue weighted by atomic mass is 16.5. The van der Waals surface area contributed by atoms with Crippen LogP contribution >= 0.6 is 0 Å². The molecule has 0 aliphatic heterocycles. The predicted molar refractivity (Wildman–Crippen MR) is 90.4 cm³/mol. The van der Waals surface area contributed by atoms with Gasteiger partial charge < -0.3 is 24.5 Å². The molecule has 0 amide bonds. The number of likely N-dealkylation sites (N-methyl/N-ethyl adjacent to an activating group) is 1. The van der Waals surface area contributed by atoms with Crippen LogP contribution in [0.3, 0.4) is 0 Å². The third-order valence-electron chi connectivity index (χ3n) is 3.54. The minimum atomic E-state index is -1.03. The smallest absolute Gasteiger partial charge is 0.308 e. The van der Waals surface area contributed by atoms with Gasteiger partial charge in [0.15, 0.2) is 6.10 Å². The minimum absolute atomic E-state index is 0.123. The van der Waals surface area contributed by atoms with Crippen LogP contribution in [0, 0.1) is 0 Å². The van der Waals surface area contributed by atoms with Gasteiger partial charge in [-0.05, 0) is 12.8 Å². The largest absolute Gasteiger partial charge is 0.481 e. The predicted octanol–water partition coefficient (Wildman–Crippen LogP) is 1.16. The Kier molecular flexibility index (Phi) is 10.8. The summed E-state index contributed by atoms with van der Waals surface area (Å²) in [5.74, 6) is -1.67. The molecule has 0 bridgehead atoms. The van der Waals surface area contributed by atoms with Crippen molar-refractivity contribution in [3.63, 3.8) is 0 Å². The standard InChI is InChI=1S/C17H33NO6/c1-5-6-7-8-13(19)9-14(20)10-17(23)24-15(11-16(21)22)12-18(2,3)4/h13-15,19-20H,5-12H2,1-4H3/p+1. The maximum atomic E-state index is 11.9. The lowest BCUT2D eigenvalue weighted by Crippen LogP contribution is -2.44. The number of aliphatic hydroxyl groups excluding tert-OH is 2. The van der Waals surface area contributed by atoms with Gasteiger partial charge in [-0.25, -0.2) is 0 Å². The summed E-state index contributed by atoms with van der Waals surface area (Å²) in [6, 6.07) is 0. The number of ether oxygens (including phenoxy) is 1. The van der Waals surface area contributed by atoms with Crippen molar-refractivity contribution >= 4 is 11.9 Å². The maximum Gasteiger partial charge on any atom is 0.308 e. The summed E-state index contributed by atoms with van der Waals surface area (Å²) < 4.78 is 5.67. The fraction of sp³-hybridized carbons (Fsp3) is 0.882. The second kappa shape index (κ2) is 11.4. The number of carboxylic acid groups (broad SMARTS) is 1. The fourth-order valence-corrected chi connectivity index (χ4v) is 2.52. The van der Waals surface area contributed by atoms with Crippen LogP contribution in [-0.2, 0) is 14.3 Å². The zero-order chi connectivity index (χ0) is 18.8. The molecule has 0 fully saturated rings. The van der Waals surface area contributed by atoms with Gasteiger partial charge >= 0.3 is 11.9 Å². The molecule has 24 heavy (non-hydrogen) atoms. The summed E-state index contributed by atoms with van der Waals surface area (Å²) in [6.45, 7) is 2.44. The quantitative estimate of drug-likeness (QED) is 0.262. The van der Waals surface area contributed by atoms with Crippen LogP contribution in [0.4, 0.5) is 0 Å². The molecular formula is C17H34NO6+. The van der Waals surface area contributed by atoms with Gasteiger partial charge in [-0.1, -0.05) is 26.2 Å². The van der Waals surface area contributed by atoms with E-state index in [0.29, 0.717) is 17.4 Å². The Morgan fingerprint density at radius 2 is 1.67 bits per heavy atom. The molecule has 0 aromatic carbocycles. The molecule has 0 rings (SSSR count). The molecule has 0 saturated heterocycles. The molecule has 0 radical (unpaired) electrons. The summed E-state index contributed by atoms with van der Waals surface area (Å²) in [7, 11) is 5.64. The van der Waals surface area contributed by atoms with Crippen molar-refractivity contribution in [3.8, 4) is 0 Å². The maximum absolute atomic E-state index is 11.9. The summed E-state index contributed by atoms with van der Waals surface area (Å²) in [5.41, 5.74) is 0. The number of carbonyl (C=O) groups excluding carboxylic acids is 1. The van der Waals surface area contributed by atoms with Crippen molar-refractivity contribution in [2.45, 2.75) is 70.2 Å². The lowest BCUT2D eigenvalue weighted by molar-refractivity contribution is -0.873. The number of carbonyl (C=O) groups is 2. The average Bonchev–Trinajstić information content (AvgIpc) is 2.35. The van der Waals surface area contributed by atoms with Crippen molar-refractivity contribution < 1.29 is 34.1 Å². The second-order valence-electron chi connectivity index (χ2n) is 7.43. The number of aliphatic carboxylic acids is 1. The molecule has 0 heterocycles. The summed E-state index contributed by atoms with van der Waals surface area (Å²) in [4.78, 5) is 22.8. The van der Waals surface area contributed by atoms with Gasteiger partial charge in [0.25, 0.3) is 0 Å². The Morgan fingerprint density at radius 3 is 2.17 bits per heavy atom. The van der Waals surface area contributed by atoms with Gasteiger partial charge in [0.05, 0.1) is 46.2 Å². The summed E-state index contributed by atoms with van der Waals surface area (Å²) in [6.07, 6.45) is 0.825. The van der Waals surface area contributed by atoms with Crippen LogP contribution in [0.2, 0.25) is 0 Å². The van der Waals surface area contributed by atoms with E-state index in [9.17, 15) is 19.8 Å². The third-order valence-corrected chi connectivity index (χ3v) is 3.54. The van der Waals surface area contributed by atoms with E-state index in [1.807, 2.05) is 21.1 Å². The van der Waals surface area contributed by atoms with Crippen molar-refractivity contribution in [1.82, 2.24) is 0 Å². The zero-order valence-corrected chi connectivity index (χ0v) is 15.4. The first kappa shape index (κ1) is 22.8. The topological polar surface area (TPSA) is 104 Å². The Hall–Kier alpha value is -1.18. The van der Waals surface area contributed by atoms with Crippen LogP contribution in [0.1, 0.15) is 51.9 Å². The van der Waals surface area contributed by atoms with E-state index in [-0.39, 0.29) is 19.3 Å². The molecule has 3 atom stereocenters. The molecule has 0 aromatic rings. The number of rotatable bonds is 13. The lowest BCUT2D eigenvalue weighted by Gasteiger charge is -2.28. The Morgan fingerprint density at radius 1 is 1.04 bits per heavy atom. The summed E-state index contributed by atoms with van der Waals surface area (Å²) >= 11 is 0. The first-order valence-corrected chi connectivity index (χ1v) is 8.61. The first-order valence-electron chi connectivity index (χ1n) is 8.61. The Balaban J connectivity index is 4.32. The van der Waals surface area contributed by atoms with E-state index in [0.717, 1.165) is 19.3 Å². The number of aliphatic hydroxyl groups is 2. The molecule has 3 N–H and O–H groups in total. The molecule has 7 nitrogen and oxygen atoms in total. The average molecular weight is 348 g/mol. The molecule has 0 saturated carbocycles. The van der Waals surface area contributed by atoms with Crippen LogP contribution < -0.4 is 0 Å². The van der Waals surface area contributed by atoms with E-state index < -0.39 is 30.3 Å². The second-order valence-corrected chi connectivity index (χ2v) is 7.43. The Bertz CT molecular complexity index is 380.